The first-order valence-electron chi connectivity index (χ1n) is 8.21. The molecule has 8 heteroatoms. The van der Waals surface area contributed by atoms with Crippen LogP contribution in [0.4, 0.5) is 0 Å². The Balaban J connectivity index is 1.83. The Labute approximate surface area is 159 Å². The van der Waals surface area contributed by atoms with E-state index in [0.29, 0.717) is 17.9 Å². The molecule has 2 heterocycles. The number of nitrogens with zero attached hydrogens (tertiary/aromatic N) is 2. The summed E-state index contributed by atoms with van der Waals surface area (Å²) in [6.07, 6.45) is 1.63. The Morgan fingerprint density at radius 2 is 2.11 bits per heavy atom. The molecule has 0 bridgehead atoms. The number of benzene rings is 1. The van der Waals surface area contributed by atoms with Crippen molar-refractivity contribution in [1.29, 1.82) is 0 Å². The number of halogens is 1. The number of esters is 1. The van der Waals surface area contributed by atoms with Crippen molar-refractivity contribution in [3.05, 3.63) is 68.7 Å². The molecule has 1 aromatic carbocycles. The molecule has 0 saturated carbocycles. The predicted molar refractivity (Wildman–Crippen MR) is 99.6 cm³/mol. The minimum Gasteiger partial charge on any atom is -0.503 e. The van der Waals surface area contributed by atoms with Crippen molar-refractivity contribution in [2.45, 2.75) is 20.5 Å². The Kier molecular flexibility index (Phi) is 5.32. The van der Waals surface area contributed by atoms with E-state index in [-0.39, 0.29) is 34.3 Å². The Morgan fingerprint density at radius 3 is 2.85 bits per heavy atom. The van der Waals surface area contributed by atoms with Crippen LogP contribution in [0.25, 0.3) is 5.65 Å². The SMILES string of the molecule is CCOc1cc(C(=O)OCc2cc(=O)n3cccc(C)c3n2)cc(Cl)c1O. The number of aromatic hydroxyl groups is 1. The lowest BCUT2D eigenvalue weighted by Crippen LogP contribution is -2.17. The molecule has 140 valence electrons. The summed E-state index contributed by atoms with van der Waals surface area (Å²) in [7, 11) is 0. The van der Waals surface area contributed by atoms with Crippen LogP contribution in [0.15, 0.2) is 41.3 Å². The summed E-state index contributed by atoms with van der Waals surface area (Å²) in [6.45, 7) is 3.70. The molecule has 0 amide bonds. The number of pyridine rings is 1. The number of hydrogen-bond donors (Lipinski definition) is 1. The first-order valence-corrected chi connectivity index (χ1v) is 8.59. The molecule has 7 nitrogen and oxygen atoms in total. The molecule has 3 rings (SSSR count). The zero-order valence-electron chi connectivity index (χ0n) is 14.7. The van der Waals surface area contributed by atoms with E-state index in [9.17, 15) is 14.7 Å². The summed E-state index contributed by atoms with van der Waals surface area (Å²) in [5, 5.41) is 9.82. The number of aromatic nitrogens is 2. The summed E-state index contributed by atoms with van der Waals surface area (Å²) in [5.41, 5.74) is 1.52. The van der Waals surface area contributed by atoms with E-state index in [0.717, 1.165) is 5.56 Å². The van der Waals surface area contributed by atoms with Gasteiger partial charge in [0, 0.05) is 12.3 Å². The lowest BCUT2D eigenvalue weighted by atomic mass is 10.2. The van der Waals surface area contributed by atoms with Crippen LogP contribution >= 0.6 is 11.6 Å². The average molecular weight is 389 g/mol. The van der Waals surface area contributed by atoms with Gasteiger partial charge in [-0.2, -0.15) is 0 Å². The summed E-state index contributed by atoms with van der Waals surface area (Å²) < 4.78 is 11.9. The molecule has 0 aliphatic carbocycles. The van der Waals surface area contributed by atoms with Gasteiger partial charge in [0.2, 0.25) is 0 Å². The van der Waals surface area contributed by atoms with Gasteiger partial charge in [-0.1, -0.05) is 17.7 Å². The van der Waals surface area contributed by atoms with Crippen molar-refractivity contribution < 1.29 is 19.4 Å². The van der Waals surface area contributed by atoms with Crippen molar-refractivity contribution in [3.63, 3.8) is 0 Å². The van der Waals surface area contributed by atoms with Crippen LogP contribution in [0.1, 0.15) is 28.5 Å². The molecule has 0 aliphatic rings. The highest BCUT2D eigenvalue weighted by molar-refractivity contribution is 6.32. The van der Waals surface area contributed by atoms with Gasteiger partial charge in [0.05, 0.1) is 22.9 Å². The smallest absolute Gasteiger partial charge is 0.338 e. The summed E-state index contributed by atoms with van der Waals surface area (Å²) in [5.74, 6) is -0.825. The predicted octanol–water partition coefficient (Wildman–Crippen LogP) is 3.12. The second kappa shape index (κ2) is 7.67. The Bertz CT molecular complexity index is 1080. The number of carbonyl (C=O) groups excluding carboxylic acids is 1. The van der Waals surface area contributed by atoms with E-state index in [1.807, 2.05) is 13.0 Å². The van der Waals surface area contributed by atoms with Crippen LogP contribution in [-0.2, 0) is 11.3 Å². The molecular weight excluding hydrogens is 372 g/mol. The van der Waals surface area contributed by atoms with Gasteiger partial charge in [0.15, 0.2) is 11.5 Å². The second-order valence-electron chi connectivity index (χ2n) is 5.78. The zero-order valence-corrected chi connectivity index (χ0v) is 15.5. The molecule has 0 unspecified atom stereocenters. The van der Waals surface area contributed by atoms with Crippen LogP contribution in [0, 0.1) is 6.92 Å². The van der Waals surface area contributed by atoms with Crippen molar-refractivity contribution >= 4 is 23.2 Å². The monoisotopic (exact) mass is 388 g/mol. The molecule has 0 radical (unpaired) electrons. The van der Waals surface area contributed by atoms with Crippen molar-refractivity contribution in [2.24, 2.45) is 0 Å². The number of phenolic OH excluding ortho intramolecular Hbond substituents is 1. The topological polar surface area (TPSA) is 90.1 Å². The van der Waals surface area contributed by atoms with Crippen LogP contribution in [-0.4, -0.2) is 27.1 Å². The molecule has 1 N–H and O–H groups in total. The van der Waals surface area contributed by atoms with Gasteiger partial charge in [-0.3, -0.25) is 9.20 Å². The van der Waals surface area contributed by atoms with Crippen LogP contribution < -0.4 is 10.3 Å². The van der Waals surface area contributed by atoms with Gasteiger partial charge < -0.3 is 14.6 Å². The molecule has 0 atom stereocenters. The Hall–Kier alpha value is -3.06. The molecule has 0 fully saturated rings. The number of phenols is 1. The van der Waals surface area contributed by atoms with E-state index >= 15 is 0 Å². The Morgan fingerprint density at radius 1 is 1.33 bits per heavy atom. The molecule has 27 heavy (non-hydrogen) atoms. The largest absolute Gasteiger partial charge is 0.503 e. The highest BCUT2D eigenvalue weighted by Crippen LogP contribution is 2.35. The zero-order chi connectivity index (χ0) is 19.6. The van der Waals surface area contributed by atoms with Gasteiger partial charge in [-0.05, 0) is 37.6 Å². The van der Waals surface area contributed by atoms with Crippen LogP contribution in [0.5, 0.6) is 11.5 Å². The van der Waals surface area contributed by atoms with Gasteiger partial charge in [0.1, 0.15) is 12.3 Å². The maximum absolute atomic E-state index is 12.3. The number of rotatable bonds is 5. The van der Waals surface area contributed by atoms with E-state index in [1.165, 1.54) is 22.6 Å². The third-order valence-electron chi connectivity index (χ3n) is 3.85. The molecule has 0 saturated heterocycles. The molecule has 2 aromatic heterocycles. The van der Waals surface area contributed by atoms with Crippen molar-refractivity contribution in [3.8, 4) is 11.5 Å². The minimum absolute atomic E-state index is 0.0226. The van der Waals surface area contributed by atoms with Gasteiger partial charge >= 0.3 is 5.97 Å². The first-order chi connectivity index (χ1) is 12.9. The number of aryl methyl sites for hydroxylation is 1. The summed E-state index contributed by atoms with van der Waals surface area (Å²) >= 11 is 5.93. The lowest BCUT2D eigenvalue weighted by Gasteiger charge is -2.10. The second-order valence-corrected chi connectivity index (χ2v) is 6.19. The first kappa shape index (κ1) is 18.7. The number of fused-ring (bicyclic) bond motifs is 1. The molecule has 3 aromatic rings. The standard InChI is InChI=1S/C19H17ClN2O5/c1-3-26-15-8-12(7-14(20)17(15)24)19(25)27-10-13-9-16(23)22-6-4-5-11(2)18(22)21-13/h4-9,24H,3,10H2,1-2H3. The van der Waals surface area contributed by atoms with E-state index in [2.05, 4.69) is 4.98 Å². The lowest BCUT2D eigenvalue weighted by molar-refractivity contribution is 0.0467. The fourth-order valence-corrected chi connectivity index (χ4v) is 2.77. The maximum Gasteiger partial charge on any atom is 0.338 e. The normalized spacial score (nSPS) is 10.8. The number of hydrogen-bond acceptors (Lipinski definition) is 6. The van der Waals surface area contributed by atoms with E-state index in [1.54, 1.807) is 19.2 Å². The minimum atomic E-state index is -0.676. The molecular formula is C19H17ClN2O5. The van der Waals surface area contributed by atoms with E-state index < -0.39 is 5.97 Å². The molecule has 0 aliphatic heterocycles. The third kappa shape index (κ3) is 3.88. The quantitative estimate of drug-likeness (QED) is 0.675. The average Bonchev–Trinajstić information content (AvgIpc) is 2.64. The van der Waals surface area contributed by atoms with Crippen molar-refractivity contribution in [1.82, 2.24) is 9.38 Å². The summed E-state index contributed by atoms with van der Waals surface area (Å²) in [6, 6.07) is 7.55. The maximum atomic E-state index is 12.3. The highest BCUT2D eigenvalue weighted by atomic mass is 35.5. The van der Waals surface area contributed by atoms with E-state index in [4.69, 9.17) is 21.1 Å². The van der Waals surface area contributed by atoms with Crippen LogP contribution in [0.2, 0.25) is 5.02 Å². The molecule has 0 spiro atoms. The van der Waals surface area contributed by atoms with Crippen LogP contribution in [0.3, 0.4) is 0 Å². The van der Waals surface area contributed by atoms with Gasteiger partial charge in [-0.25, -0.2) is 9.78 Å². The fraction of sp³-hybridized carbons (Fsp3) is 0.211. The number of carbonyl (C=O) groups is 1. The number of ether oxygens (including phenoxy) is 2. The highest BCUT2D eigenvalue weighted by Gasteiger charge is 2.16. The summed E-state index contributed by atoms with van der Waals surface area (Å²) in [4.78, 5) is 28.9. The van der Waals surface area contributed by atoms with Gasteiger partial charge in [-0.15, -0.1) is 0 Å². The fourth-order valence-electron chi connectivity index (χ4n) is 2.56. The van der Waals surface area contributed by atoms with Crippen molar-refractivity contribution in [2.75, 3.05) is 6.61 Å². The third-order valence-corrected chi connectivity index (χ3v) is 4.14. The van der Waals surface area contributed by atoms with Gasteiger partial charge in [0.25, 0.3) is 5.56 Å².